The van der Waals surface area contributed by atoms with Crippen LogP contribution in [0.1, 0.15) is 18.1 Å². The molecule has 0 atom stereocenters. The minimum absolute atomic E-state index is 0.804. The third kappa shape index (κ3) is 2.59. The highest BCUT2D eigenvalue weighted by molar-refractivity contribution is 6.09. The lowest BCUT2D eigenvalue weighted by atomic mass is 10.0. The van der Waals surface area contributed by atoms with E-state index in [1.807, 2.05) is 18.2 Å². The molecule has 0 aromatic heterocycles. The van der Waals surface area contributed by atoms with Crippen molar-refractivity contribution in [1.82, 2.24) is 0 Å². The van der Waals surface area contributed by atoms with Crippen molar-refractivity contribution in [2.75, 3.05) is 12.8 Å². The highest BCUT2D eigenvalue weighted by atomic mass is 14.6. The monoisotopic (exact) mass is 203 g/mol. The summed E-state index contributed by atoms with van der Waals surface area (Å²) < 4.78 is 0. The van der Waals surface area contributed by atoms with Gasteiger partial charge in [-0.1, -0.05) is 19.1 Å². The van der Waals surface area contributed by atoms with Crippen LogP contribution in [-0.2, 0) is 6.42 Å². The van der Waals surface area contributed by atoms with Gasteiger partial charge in [-0.05, 0) is 23.6 Å². The van der Waals surface area contributed by atoms with Crippen LogP contribution in [0, 0.1) is 0 Å². The van der Waals surface area contributed by atoms with Crippen LogP contribution in [0.3, 0.4) is 0 Å². The fourth-order valence-corrected chi connectivity index (χ4v) is 1.45. The lowest BCUT2D eigenvalue weighted by Gasteiger charge is -2.06. The van der Waals surface area contributed by atoms with Crippen LogP contribution in [0.5, 0.6) is 0 Å². The number of hydrogen-bond donors (Lipinski definition) is 2. The van der Waals surface area contributed by atoms with Gasteiger partial charge < -0.3 is 11.5 Å². The standard InChI is InChI=1S/C12H17N3/c1-3-9-4-5-10(6-12(9)14)11(7-13)8-15-2/h4-8H,3,13-14H2,1-2H3. The third-order valence-corrected chi connectivity index (χ3v) is 2.31. The van der Waals surface area contributed by atoms with Crippen molar-refractivity contribution < 1.29 is 0 Å². The van der Waals surface area contributed by atoms with Gasteiger partial charge in [0.05, 0.1) is 0 Å². The fraction of sp³-hybridized carbons (Fsp3) is 0.250. The second-order valence-electron chi connectivity index (χ2n) is 3.28. The molecule has 0 spiro atoms. The van der Waals surface area contributed by atoms with E-state index in [0.717, 1.165) is 28.8 Å². The Balaban J connectivity index is 3.11. The van der Waals surface area contributed by atoms with Gasteiger partial charge in [0, 0.05) is 30.7 Å². The maximum Gasteiger partial charge on any atom is 0.0352 e. The summed E-state index contributed by atoms with van der Waals surface area (Å²) in [5, 5.41) is 0. The highest BCUT2D eigenvalue weighted by Crippen LogP contribution is 2.19. The van der Waals surface area contributed by atoms with Crippen LogP contribution in [0.15, 0.2) is 29.4 Å². The number of allylic oxidation sites excluding steroid dienone is 1. The molecule has 4 N–H and O–H groups in total. The smallest absolute Gasteiger partial charge is 0.0352 e. The van der Waals surface area contributed by atoms with E-state index >= 15 is 0 Å². The maximum atomic E-state index is 5.91. The highest BCUT2D eigenvalue weighted by Gasteiger charge is 2.01. The molecule has 0 unspecified atom stereocenters. The minimum atomic E-state index is 0.804. The van der Waals surface area contributed by atoms with E-state index in [9.17, 15) is 0 Å². The molecular weight excluding hydrogens is 186 g/mol. The topological polar surface area (TPSA) is 64.4 Å². The molecule has 0 saturated carbocycles. The van der Waals surface area contributed by atoms with E-state index in [4.69, 9.17) is 11.5 Å². The average Bonchev–Trinajstić information content (AvgIpc) is 2.25. The van der Waals surface area contributed by atoms with Crippen LogP contribution >= 0.6 is 0 Å². The first-order valence-electron chi connectivity index (χ1n) is 4.95. The molecule has 0 bridgehead atoms. The maximum absolute atomic E-state index is 5.91. The van der Waals surface area contributed by atoms with E-state index in [1.165, 1.54) is 6.20 Å². The molecule has 0 fully saturated rings. The SMILES string of the molecule is CCc1ccc(C(C=NC)=CN)cc1N. The van der Waals surface area contributed by atoms with Gasteiger partial charge in [-0.15, -0.1) is 0 Å². The normalized spacial score (nSPS) is 12.3. The molecule has 0 aliphatic carbocycles. The van der Waals surface area contributed by atoms with E-state index in [1.54, 1.807) is 13.3 Å². The predicted octanol–water partition coefficient (Wildman–Crippen LogP) is 1.83. The second-order valence-corrected chi connectivity index (χ2v) is 3.28. The van der Waals surface area contributed by atoms with Gasteiger partial charge in [-0.2, -0.15) is 0 Å². The summed E-state index contributed by atoms with van der Waals surface area (Å²) in [6, 6.07) is 5.96. The lowest BCUT2D eigenvalue weighted by Crippen LogP contribution is -1.97. The van der Waals surface area contributed by atoms with Crippen molar-refractivity contribution >= 4 is 17.5 Å². The molecule has 0 radical (unpaired) electrons. The summed E-state index contributed by atoms with van der Waals surface area (Å²) >= 11 is 0. The Morgan fingerprint density at radius 3 is 2.67 bits per heavy atom. The summed E-state index contributed by atoms with van der Waals surface area (Å²) in [7, 11) is 1.72. The molecule has 0 aliphatic heterocycles. The van der Waals surface area contributed by atoms with Gasteiger partial charge in [0.1, 0.15) is 0 Å². The number of rotatable bonds is 3. The predicted molar refractivity (Wildman–Crippen MR) is 66.8 cm³/mol. The number of nitrogens with zero attached hydrogens (tertiary/aromatic N) is 1. The van der Waals surface area contributed by atoms with Gasteiger partial charge in [-0.3, -0.25) is 4.99 Å². The number of benzene rings is 1. The van der Waals surface area contributed by atoms with Crippen molar-refractivity contribution in [2.24, 2.45) is 10.7 Å². The summed E-state index contributed by atoms with van der Waals surface area (Å²) in [5.74, 6) is 0. The van der Waals surface area contributed by atoms with Crippen molar-refractivity contribution in [3.05, 3.63) is 35.5 Å². The molecule has 0 heterocycles. The zero-order valence-electron chi connectivity index (χ0n) is 9.20. The summed E-state index contributed by atoms with van der Waals surface area (Å²) in [5.41, 5.74) is 15.3. The zero-order chi connectivity index (χ0) is 11.3. The minimum Gasteiger partial charge on any atom is -0.404 e. The van der Waals surface area contributed by atoms with Gasteiger partial charge in [0.2, 0.25) is 0 Å². The number of nitrogen functional groups attached to an aromatic ring is 1. The number of aliphatic imine (C=N–C) groups is 1. The Morgan fingerprint density at radius 1 is 1.47 bits per heavy atom. The van der Waals surface area contributed by atoms with E-state index in [2.05, 4.69) is 11.9 Å². The van der Waals surface area contributed by atoms with Crippen molar-refractivity contribution in [1.29, 1.82) is 0 Å². The number of nitrogens with two attached hydrogens (primary N) is 2. The van der Waals surface area contributed by atoms with Crippen LogP contribution in [-0.4, -0.2) is 13.3 Å². The first-order valence-corrected chi connectivity index (χ1v) is 4.95. The first-order chi connectivity index (χ1) is 7.22. The summed E-state index contributed by atoms with van der Waals surface area (Å²) in [4.78, 5) is 3.94. The quantitative estimate of drug-likeness (QED) is 0.581. The van der Waals surface area contributed by atoms with Crippen molar-refractivity contribution in [3.63, 3.8) is 0 Å². The number of aryl methyl sites for hydroxylation is 1. The Hall–Kier alpha value is -1.77. The average molecular weight is 203 g/mol. The largest absolute Gasteiger partial charge is 0.404 e. The molecular formula is C12H17N3. The van der Waals surface area contributed by atoms with Gasteiger partial charge in [-0.25, -0.2) is 0 Å². The molecule has 3 nitrogen and oxygen atoms in total. The van der Waals surface area contributed by atoms with Crippen LogP contribution in [0.2, 0.25) is 0 Å². The molecule has 1 rings (SSSR count). The number of anilines is 1. The molecule has 1 aromatic rings. The van der Waals surface area contributed by atoms with E-state index in [-0.39, 0.29) is 0 Å². The molecule has 1 aromatic carbocycles. The lowest BCUT2D eigenvalue weighted by molar-refractivity contribution is 1.14. The summed E-state index contributed by atoms with van der Waals surface area (Å²) in [6.07, 6.45) is 4.20. The first kappa shape index (κ1) is 11.3. The fourth-order valence-electron chi connectivity index (χ4n) is 1.45. The van der Waals surface area contributed by atoms with E-state index in [0.29, 0.717) is 0 Å². The third-order valence-electron chi connectivity index (χ3n) is 2.31. The molecule has 15 heavy (non-hydrogen) atoms. The van der Waals surface area contributed by atoms with Crippen molar-refractivity contribution in [2.45, 2.75) is 13.3 Å². The Labute approximate surface area is 90.5 Å². The summed E-state index contributed by atoms with van der Waals surface area (Å²) in [6.45, 7) is 2.08. The second kappa shape index (κ2) is 5.20. The van der Waals surface area contributed by atoms with Crippen molar-refractivity contribution in [3.8, 4) is 0 Å². The van der Waals surface area contributed by atoms with Gasteiger partial charge in [0.15, 0.2) is 0 Å². The van der Waals surface area contributed by atoms with Crippen LogP contribution in [0.4, 0.5) is 5.69 Å². The Kier molecular flexibility index (Phi) is 3.92. The van der Waals surface area contributed by atoms with Crippen LogP contribution < -0.4 is 11.5 Å². The Bertz CT molecular complexity index is 392. The number of hydrogen-bond acceptors (Lipinski definition) is 3. The Morgan fingerprint density at radius 2 is 2.20 bits per heavy atom. The molecule has 0 aliphatic rings. The van der Waals surface area contributed by atoms with Gasteiger partial charge in [0.25, 0.3) is 0 Å². The van der Waals surface area contributed by atoms with E-state index < -0.39 is 0 Å². The van der Waals surface area contributed by atoms with Crippen LogP contribution in [0.25, 0.3) is 5.57 Å². The molecule has 0 amide bonds. The molecule has 0 saturated heterocycles. The molecule has 80 valence electrons. The zero-order valence-corrected chi connectivity index (χ0v) is 9.20. The van der Waals surface area contributed by atoms with Gasteiger partial charge >= 0.3 is 0 Å². The molecule has 3 heteroatoms.